The van der Waals surface area contributed by atoms with Gasteiger partial charge in [0.2, 0.25) is 0 Å². The van der Waals surface area contributed by atoms with Gasteiger partial charge >= 0.3 is 0 Å². The number of aryl methyl sites for hydroxylation is 1. The van der Waals surface area contributed by atoms with E-state index in [0.717, 1.165) is 21.2 Å². The fraction of sp³-hybridized carbons (Fsp3) is 0.235. The highest BCUT2D eigenvalue weighted by molar-refractivity contribution is 9.10. The highest BCUT2D eigenvalue weighted by Crippen LogP contribution is 2.31. The van der Waals surface area contributed by atoms with E-state index in [9.17, 15) is 9.90 Å². The molecule has 0 bridgehead atoms. The molecule has 2 aromatic rings. The lowest BCUT2D eigenvalue weighted by molar-refractivity contribution is 0.0858. The van der Waals surface area contributed by atoms with Gasteiger partial charge in [0, 0.05) is 16.5 Å². The largest absolute Gasteiger partial charge is 0.390 e. The first-order valence-corrected chi connectivity index (χ1v) is 7.68. The van der Waals surface area contributed by atoms with Gasteiger partial charge in [-0.05, 0) is 41.8 Å². The van der Waals surface area contributed by atoms with Crippen LogP contribution in [0.3, 0.4) is 0 Å². The lowest BCUT2D eigenvalue weighted by Crippen LogP contribution is -2.33. The lowest BCUT2D eigenvalue weighted by Gasteiger charge is -2.18. The average molecular weight is 346 g/mol. The molecule has 0 heterocycles. The minimum Gasteiger partial charge on any atom is -0.390 e. The van der Waals surface area contributed by atoms with Crippen molar-refractivity contribution in [3.63, 3.8) is 0 Å². The summed E-state index contributed by atoms with van der Waals surface area (Å²) in [7, 11) is 0. The Balaban J connectivity index is 1.85. The van der Waals surface area contributed by atoms with Crippen molar-refractivity contribution in [2.24, 2.45) is 0 Å². The minimum atomic E-state index is -0.570. The number of rotatable bonds is 2. The van der Waals surface area contributed by atoms with E-state index in [1.54, 1.807) is 6.07 Å². The van der Waals surface area contributed by atoms with Gasteiger partial charge in [0.05, 0.1) is 12.1 Å². The van der Waals surface area contributed by atoms with Gasteiger partial charge in [0.25, 0.3) is 5.91 Å². The van der Waals surface area contributed by atoms with Gasteiger partial charge in [0.1, 0.15) is 0 Å². The molecule has 3 rings (SSSR count). The molecule has 0 unspecified atom stereocenters. The van der Waals surface area contributed by atoms with Gasteiger partial charge in [-0.1, -0.05) is 40.2 Å². The molecule has 1 aliphatic carbocycles. The molecule has 0 saturated heterocycles. The summed E-state index contributed by atoms with van der Waals surface area (Å²) in [5, 5.41) is 13.1. The predicted octanol–water partition coefficient (Wildman–Crippen LogP) is 3.15. The highest BCUT2D eigenvalue weighted by atomic mass is 79.9. The van der Waals surface area contributed by atoms with Crippen LogP contribution in [-0.4, -0.2) is 17.1 Å². The predicted molar refractivity (Wildman–Crippen MR) is 85.2 cm³/mol. The number of benzene rings is 2. The van der Waals surface area contributed by atoms with Crippen LogP contribution in [0.15, 0.2) is 46.9 Å². The third-order valence-electron chi connectivity index (χ3n) is 3.79. The summed E-state index contributed by atoms with van der Waals surface area (Å²) in [5.74, 6) is -0.167. The SMILES string of the molecule is Cc1cc(Br)cc(C(=O)N[C@@H]2c3ccccc3C[C@@H]2O)c1. The van der Waals surface area contributed by atoms with E-state index < -0.39 is 6.10 Å². The van der Waals surface area contributed by atoms with Gasteiger partial charge in [-0.3, -0.25) is 4.79 Å². The van der Waals surface area contributed by atoms with Gasteiger partial charge in [-0.15, -0.1) is 0 Å². The third kappa shape index (κ3) is 2.87. The van der Waals surface area contributed by atoms with Crippen molar-refractivity contribution in [1.29, 1.82) is 0 Å². The maximum absolute atomic E-state index is 12.4. The first-order chi connectivity index (χ1) is 10.0. The summed E-state index contributed by atoms with van der Waals surface area (Å²) in [4.78, 5) is 12.4. The standard InChI is InChI=1S/C17H16BrNO2/c1-10-6-12(8-13(18)7-10)17(21)19-16-14-5-3-2-4-11(14)9-15(16)20/h2-8,15-16,20H,9H2,1H3,(H,19,21)/t15-,16+/m0/s1. The fourth-order valence-corrected chi connectivity index (χ4v) is 3.45. The summed E-state index contributed by atoms with van der Waals surface area (Å²) >= 11 is 3.40. The molecule has 108 valence electrons. The van der Waals surface area contributed by atoms with Crippen LogP contribution in [0.5, 0.6) is 0 Å². The molecule has 1 aliphatic rings. The number of aliphatic hydroxyl groups excluding tert-OH is 1. The van der Waals surface area contributed by atoms with Crippen LogP contribution < -0.4 is 5.32 Å². The van der Waals surface area contributed by atoms with Crippen molar-refractivity contribution in [3.05, 3.63) is 69.2 Å². The number of carbonyl (C=O) groups excluding carboxylic acids is 1. The molecule has 0 fully saturated rings. The molecule has 0 radical (unpaired) electrons. The Morgan fingerprint density at radius 2 is 2.05 bits per heavy atom. The van der Waals surface area contributed by atoms with E-state index >= 15 is 0 Å². The summed E-state index contributed by atoms with van der Waals surface area (Å²) in [6, 6.07) is 13.1. The van der Waals surface area contributed by atoms with Crippen LogP contribution in [0, 0.1) is 6.92 Å². The minimum absolute atomic E-state index is 0.167. The Morgan fingerprint density at radius 1 is 1.29 bits per heavy atom. The number of fused-ring (bicyclic) bond motifs is 1. The molecule has 0 aliphatic heterocycles. The Kier molecular flexibility index (Phi) is 3.83. The van der Waals surface area contributed by atoms with E-state index in [4.69, 9.17) is 0 Å². The van der Waals surface area contributed by atoms with Crippen molar-refractivity contribution in [2.75, 3.05) is 0 Å². The van der Waals surface area contributed by atoms with E-state index in [0.29, 0.717) is 12.0 Å². The van der Waals surface area contributed by atoms with Gasteiger partial charge < -0.3 is 10.4 Å². The average Bonchev–Trinajstić information content (AvgIpc) is 2.74. The second-order valence-electron chi connectivity index (χ2n) is 5.44. The second kappa shape index (κ2) is 5.62. The molecule has 0 aromatic heterocycles. The molecule has 2 N–H and O–H groups in total. The van der Waals surface area contributed by atoms with Crippen molar-refractivity contribution in [2.45, 2.75) is 25.5 Å². The first-order valence-electron chi connectivity index (χ1n) is 6.88. The molecular weight excluding hydrogens is 330 g/mol. The Morgan fingerprint density at radius 3 is 2.81 bits per heavy atom. The van der Waals surface area contributed by atoms with Crippen molar-refractivity contribution in [3.8, 4) is 0 Å². The van der Waals surface area contributed by atoms with Crippen LogP contribution >= 0.6 is 15.9 Å². The molecule has 3 nitrogen and oxygen atoms in total. The van der Waals surface area contributed by atoms with E-state index in [2.05, 4.69) is 21.2 Å². The quantitative estimate of drug-likeness (QED) is 0.878. The monoisotopic (exact) mass is 345 g/mol. The molecular formula is C17H16BrNO2. The summed E-state index contributed by atoms with van der Waals surface area (Å²) in [6.45, 7) is 1.95. The first kappa shape index (κ1) is 14.3. The zero-order chi connectivity index (χ0) is 15.0. The van der Waals surface area contributed by atoms with Crippen molar-refractivity contribution >= 4 is 21.8 Å². The van der Waals surface area contributed by atoms with E-state index in [-0.39, 0.29) is 11.9 Å². The number of aliphatic hydroxyl groups is 1. The highest BCUT2D eigenvalue weighted by Gasteiger charge is 2.32. The maximum Gasteiger partial charge on any atom is 0.251 e. The second-order valence-corrected chi connectivity index (χ2v) is 6.35. The molecule has 0 saturated carbocycles. The maximum atomic E-state index is 12.4. The number of hydrogen-bond donors (Lipinski definition) is 2. The number of carbonyl (C=O) groups is 1. The fourth-order valence-electron chi connectivity index (χ4n) is 2.84. The molecule has 2 atom stereocenters. The normalized spacial score (nSPS) is 20.1. The number of halogens is 1. The van der Waals surface area contributed by atoms with Crippen molar-refractivity contribution < 1.29 is 9.90 Å². The topological polar surface area (TPSA) is 49.3 Å². The third-order valence-corrected chi connectivity index (χ3v) is 4.25. The smallest absolute Gasteiger partial charge is 0.251 e. The van der Waals surface area contributed by atoms with Crippen molar-refractivity contribution in [1.82, 2.24) is 5.32 Å². The van der Waals surface area contributed by atoms with E-state index in [1.165, 1.54) is 0 Å². The summed E-state index contributed by atoms with van der Waals surface area (Å²) in [6.07, 6.45) is 0.0122. The van der Waals surface area contributed by atoms with Crippen LogP contribution in [0.25, 0.3) is 0 Å². The Bertz CT molecular complexity index is 679. The van der Waals surface area contributed by atoms with Gasteiger partial charge in [-0.2, -0.15) is 0 Å². The number of nitrogens with one attached hydrogen (secondary N) is 1. The summed E-state index contributed by atoms with van der Waals surface area (Å²) < 4.78 is 0.875. The Hall–Kier alpha value is -1.65. The molecule has 1 amide bonds. The zero-order valence-electron chi connectivity index (χ0n) is 11.6. The molecule has 2 aromatic carbocycles. The lowest BCUT2D eigenvalue weighted by atomic mass is 10.1. The number of hydrogen-bond acceptors (Lipinski definition) is 2. The number of amides is 1. The van der Waals surface area contributed by atoms with Gasteiger partial charge in [-0.25, -0.2) is 0 Å². The van der Waals surface area contributed by atoms with Crippen LogP contribution in [0.4, 0.5) is 0 Å². The van der Waals surface area contributed by atoms with Gasteiger partial charge in [0.15, 0.2) is 0 Å². The van der Waals surface area contributed by atoms with Crippen LogP contribution in [-0.2, 0) is 6.42 Å². The Labute approximate surface area is 132 Å². The molecule has 0 spiro atoms. The summed E-state index contributed by atoms with van der Waals surface area (Å²) in [5.41, 5.74) is 3.71. The van der Waals surface area contributed by atoms with Crippen LogP contribution in [0.1, 0.15) is 33.1 Å². The molecule has 21 heavy (non-hydrogen) atoms. The molecule has 4 heteroatoms. The zero-order valence-corrected chi connectivity index (χ0v) is 13.2. The van der Waals surface area contributed by atoms with Crippen LogP contribution in [0.2, 0.25) is 0 Å². The van der Waals surface area contributed by atoms with E-state index in [1.807, 2.05) is 43.3 Å².